The molecule has 8 heteroatoms. The number of hydrogen-bond donors (Lipinski definition) is 3. The van der Waals surface area contributed by atoms with Crippen molar-refractivity contribution in [2.24, 2.45) is 5.14 Å². The molecule has 1 aromatic rings. The van der Waals surface area contributed by atoms with Crippen molar-refractivity contribution in [2.75, 3.05) is 37.4 Å². The van der Waals surface area contributed by atoms with Gasteiger partial charge in [0.15, 0.2) is 0 Å². The molecule has 1 rings (SSSR count). The van der Waals surface area contributed by atoms with Crippen molar-refractivity contribution < 1.29 is 13.2 Å². The SMILES string of the molecule is CN(C)C(=O)c1ccc(N)c(NCCS(N)(=O)=O)c1. The number of nitrogens with two attached hydrogens (primary N) is 2. The van der Waals surface area contributed by atoms with Crippen LogP contribution in [0.4, 0.5) is 11.4 Å². The van der Waals surface area contributed by atoms with Crippen LogP contribution in [0.15, 0.2) is 18.2 Å². The Bertz CT molecular complexity index is 569. The fourth-order valence-corrected chi connectivity index (χ4v) is 1.82. The van der Waals surface area contributed by atoms with E-state index in [-0.39, 0.29) is 18.2 Å². The molecule has 0 radical (unpaired) electrons. The van der Waals surface area contributed by atoms with Crippen LogP contribution in [0.2, 0.25) is 0 Å². The van der Waals surface area contributed by atoms with Crippen molar-refractivity contribution in [3.8, 4) is 0 Å². The number of nitrogens with one attached hydrogen (secondary N) is 1. The van der Waals surface area contributed by atoms with Crippen LogP contribution < -0.4 is 16.2 Å². The predicted molar refractivity (Wildman–Crippen MR) is 75.3 cm³/mol. The molecule has 0 bridgehead atoms. The Morgan fingerprint density at radius 1 is 1.37 bits per heavy atom. The zero-order valence-electron chi connectivity index (χ0n) is 10.9. The molecule has 0 saturated carbocycles. The summed E-state index contributed by atoms with van der Waals surface area (Å²) in [5.41, 5.74) is 7.16. The van der Waals surface area contributed by atoms with Gasteiger partial charge in [-0.15, -0.1) is 0 Å². The molecule has 1 amide bonds. The van der Waals surface area contributed by atoms with Crippen LogP contribution in [0, 0.1) is 0 Å². The molecule has 0 aromatic heterocycles. The van der Waals surface area contributed by atoms with E-state index in [0.717, 1.165) is 0 Å². The number of nitrogens with zero attached hydrogens (tertiary/aromatic N) is 1. The molecule has 7 nitrogen and oxygen atoms in total. The Kier molecular flexibility index (Phi) is 4.73. The van der Waals surface area contributed by atoms with Crippen molar-refractivity contribution in [3.63, 3.8) is 0 Å². The zero-order chi connectivity index (χ0) is 14.6. The first-order chi connectivity index (χ1) is 8.70. The van der Waals surface area contributed by atoms with Crippen molar-refractivity contribution in [2.45, 2.75) is 0 Å². The maximum absolute atomic E-state index is 11.8. The third kappa shape index (κ3) is 4.76. The normalized spacial score (nSPS) is 11.1. The molecule has 5 N–H and O–H groups in total. The third-order valence-corrected chi connectivity index (χ3v) is 3.18. The van der Waals surface area contributed by atoms with Gasteiger partial charge in [0, 0.05) is 26.2 Å². The Hall–Kier alpha value is -1.80. The third-order valence-electron chi connectivity index (χ3n) is 2.41. The number of nitrogen functional groups attached to an aromatic ring is 1. The minimum atomic E-state index is -3.53. The molecular weight excluding hydrogens is 268 g/mol. The predicted octanol–water partition coefficient (Wildman–Crippen LogP) is -0.329. The maximum Gasteiger partial charge on any atom is 0.253 e. The summed E-state index contributed by atoms with van der Waals surface area (Å²) in [5.74, 6) is -0.368. The van der Waals surface area contributed by atoms with Crippen molar-refractivity contribution in [3.05, 3.63) is 23.8 Å². The summed E-state index contributed by atoms with van der Waals surface area (Å²) >= 11 is 0. The molecule has 0 aliphatic rings. The lowest BCUT2D eigenvalue weighted by Gasteiger charge is -2.13. The molecule has 0 heterocycles. The number of amides is 1. The van der Waals surface area contributed by atoms with Gasteiger partial charge in [-0.25, -0.2) is 13.6 Å². The first-order valence-electron chi connectivity index (χ1n) is 5.56. The molecule has 19 heavy (non-hydrogen) atoms. The molecule has 0 aliphatic carbocycles. The number of carbonyl (C=O) groups is 1. The van der Waals surface area contributed by atoms with E-state index in [1.807, 2.05) is 0 Å². The van der Waals surface area contributed by atoms with Gasteiger partial charge in [0.25, 0.3) is 5.91 Å². The summed E-state index contributed by atoms with van der Waals surface area (Å²) in [6.07, 6.45) is 0. The van der Waals surface area contributed by atoms with Gasteiger partial charge in [-0.1, -0.05) is 0 Å². The van der Waals surface area contributed by atoms with E-state index in [4.69, 9.17) is 10.9 Å². The highest BCUT2D eigenvalue weighted by molar-refractivity contribution is 7.89. The monoisotopic (exact) mass is 286 g/mol. The Morgan fingerprint density at radius 2 is 2.00 bits per heavy atom. The fourth-order valence-electron chi connectivity index (χ4n) is 1.43. The fraction of sp³-hybridized carbons (Fsp3) is 0.364. The lowest BCUT2D eigenvalue weighted by Crippen LogP contribution is -2.23. The van der Waals surface area contributed by atoms with Gasteiger partial charge in [0.05, 0.1) is 17.1 Å². The molecule has 0 unspecified atom stereocenters. The van der Waals surface area contributed by atoms with Crippen LogP contribution in [0.25, 0.3) is 0 Å². The summed E-state index contributed by atoms with van der Waals surface area (Å²) in [6.45, 7) is 0.128. The number of primary sulfonamides is 1. The minimum absolute atomic E-state index is 0.128. The first-order valence-corrected chi connectivity index (χ1v) is 7.28. The van der Waals surface area contributed by atoms with Gasteiger partial charge in [-0.05, 0) is 18.2 Å². The van der Waals surface area contributed by atoms with Gasteiger partial charge >= 0.3 is 0 Å². The Morgan fingerprint density at radius 3 is 2.53 bits per heavy atom. The van der Waals surface area contributed by atoms with E-state index < -0.39 is 10.0 Å². The molecule has 0 saturated heterocycles. The van der Waals surface area contributed by atoms with Gasteiger partial charge < -0.3 is 16.0 Å². The summed E-state index contributed by atoms with van der Waals surface area (Å²) in [4.78, 5) is 13.2. The molecule has 106 valence electrons. The average molecular weight is 286 g/mol. The molecule has 0 atom stereocenters. The molecular formula is C11H18N4O3S. The van der Waals surface area contributed by atoms with Gasteiger partial charge in [-0.3, -0.25) is 4.79 Å². The lowest BCUT2D eigenvalue weighted by molar-refractivity contribution is 0.0827. The van der Waals surface area contributed by atoms with Gasteiger partial charge in [0.2, 0.25) is 10.0 Å². The minimum Gasteiger partial charge on any atom is -0.397 e. The quantitative estimate of drug-likeness (QED) is 0.640. The van der Waals surface area contributed by atoms with Crippen LogP contribution in [0.5, 0.6) is 0 Å². The van der Waals surface area contributed by atoms with Crippen LogP contribution in [0.1, 0.15) is 10.4 Å². The summed E-state index contributed by atoms with van der Waals surface area (Å²) < 4.78 is 21.6. The van der Waals surface area contributed by atoms with Crippen molar-refractivity contribution >= 4 is 27.3 Å². The molecule has 0 fully saturated rings. The lowest BCUT2D eigenvalue weighted by atomic mass is 10.1. The number of sulfonamides is 1. The number of rotatable bonds is 5. The van der Waals surface area contributed by atoms with Crippen LogP contribution in [0.3, 0.4) is 0 Å². The second-order valence-electron chi connectivity index (χ2n) is 4.30. The van der Waals surface area contributed by atoms with Crippen LogP contribution in [-0.2, 0) is 10.0 Å². The van der Waals surface area contributed by atoms with Crippen LogP contribution in [-0.4, -0.2) is 45.6 Å². The Balaban J connectivity index is 2.83. The van der Waals surface area contributed by atoms with E-state index >= 15 is 0 Å². The van der Waals surface area contributed by atoms with Gasteiger partial charge in [0.1, 0.15) is 0 Å². The topological polar surface area (TPSA) is 119 Å². The Labute approximate surface area is 112 Å². The highest BCUT2D eigenvalue weighted by atomic mass is 32.2. The van der Waals surface area contributed by atoms with E-state index in [1.165, 1.54) is 4.90 Å². The highest BCUT2D eigenvalue weighted by Crippen LogP contribution is 2.20. The molecule has 0 spiro atoms. The van der Waals surface area contributed by atoms with Crippen molar-refractivity contribution in [1.29, 1.82) is 0 Å². The summed E-state index contributed by atoms with van der Waals surface area (Å²) in [7, 11) is -0.234. The number of carbonyl (C=O) groups excluding carboxylic acids is 1. The smallest absolute Gasteiger partial charge is 0.253 e. The molecule has 0 aliphatic heterocycles. The van der Waals surface area contributed by atoms with Crippen LogP contribution >= 0.6 is 0 Å². The van der Waals surface area contributed by atoms with E-state index in [1.54, 1.807) is 32.3 Å². The highest BCUT2D eigenvalue weighted by Gasteiger charge is 2.10. The number of hydrogen-bond acceptors (Lipinski definition) is 5. The largest absolute Gasteiger partial charge is 0.397 e. The van der Waals surface area contributed by atoms with Gasteiger partial charge in [-0.2, -0.15) is 0 Å². The first kappa shape index (κ1) is 15.3. The maximum atomic E-state index is 11.8. The second kappa shape index (κ2) is 5.89. The summed E-state index contributed by atoms with van der Waals surface area (Å²) in [5, 5.41) is 7.74. The average Bonchev–Trinajstić information content (AvgIpc) is 2.29. The van der Waals surface area contributed by atoms with E-state index in [0.29, 0.717) is 16.9 Å². The second-order valence-corrected chi connectivity index (χ2v) is 6.03. The molecule has 1 aromatic carbocycles. The summed E-state index contributed by atoms with van der Waals surface area (Å²) in [6, 6.07) is 4.79. The van der Waals surface area contributed by atoms with Crippen molar-refractivity contribution in [1.82, 2.24) is 4.90 Å². The van der Waals surface area contributed by atoms with E-state index in [2.05, 4.69) is 5.32 Å². The number of benzene rings is 1. The number of anilines is 2. The zero-order valence-corrected chi connectivity index (χ0v) is 11.7. The van der Waals surface area contributed by atoms with E-state index in [9.17, 15) is 13.2 Å². The standard InChI is InChI=1S/C11H18N4O3S/c1-15(2)11(16)8-3-4-9(12)10(7-8)14-5-6-19(13,17)18/h3-4,7,14H,5-6,12H2,1-2H3,(H2,13,17,18).